The fraction of sp³-hybridized carbons (Fsp3) is 0.0625. The van der Waals surface area contributed by atoms with E-state index in [1.165, 1.54) is 42.2 Å². The van der Waals surface area contributed by atoms with Gasteiger partial charge in [0.25, 0.3) is 0 Å². The van der Waals surface area contributed by atoms with E-state index in [4.69, 9.17) is 9.72 Å². The van der Waals surface area contributed by atoms with Crippen LogP contribution in [0.5, 0.6) is 11.5 Å². The van der Waals surface area contributed by atoms with Gasteiger partial charge in [0, 0.05) is 81.7 Å². The number of anilines is 4. The fourth-order valence-electron chi connectivity index (χ4n) is 10.1. The Hall–Kier alpha value is -7.76. The van der Waals surface area contributed by atoms with Crippen molar-refractivity contribution in [2.75, 3.05) is 9.80 Å². The summed E-state index contributed by atoms with van der Waals surface area (Å²) < 4.78 is 11.5. The molecule has 0 saturated carbocycles. The molecular weight excluding hydrogens is 1070 g/mol. The summed E-state index contributed by atoms with van der Waals surface area (Å²) in [6.07, 6.45) is 1.93. The Labute approximate surface area is 432 Å². The van der Waals surface area contributed by atoms with Crippen molar-refractivity contribution in [2.45, 2.75) is 26.2 Å². The van der Waals surface area contributed by atoms with E-state index in [0.29, 0.717) is 11.5 Å². The minimum Gasteiger partial charge on any atom is -0.509 e. The van der Waals surface area contributed by atoms with Gasteiger partial charge in [0.2, 0.25) is 0 Å². The molecule has 1 aliphatic heterocycles. The van der Waals surface area contributed by atoms with Crippen LogP contribution in [-0.2, 0) is 26.5 Å². The van der Waals surface area contributed by atoms with E-state index in [9.17, 15) is 0 Å². The smallest absolute Gasteiger partial charge is 0.135 e. The number of aromatic nitrogens is 2. The van der Waals surface area contributed by atoms with E-state index < -0.39 is 0 Å². The molecule has 0 aliphatic carbocycles. The summed E-state index contributed by atoms with van der Waals surface area (Å²) in [6, 6.07) is 80.5. The van der Waals surface area contributed by atoms with E-state index in [-0.39, 0.29) is 26.5 Å². The van der Waals surface area contributed by atoms with Gasteiger partial charge in [-0.15, -0.1) is 54.0 Å². The Kier molecular flexibility index (Phi) is 11.2. The predicted octanol–water partition coefficient (Wildman–Crippen LogP) is 17.6. The van der Waals surface area contributed by atoms with Crippen LogP contribution < -0.4 is 14.5 Å². The molecule has 9 aromatic carbocycles. The van der Waals surface area contributed by atoms with Gasteiger partial charge in [-0.1, -0.05) is 171 Å². The first-order valence-corrected chi connectivity index (χ1v) is 24.5. The summed E-state index contributed by atoms with van der Waals surface area (Å²) in [5.74, 6) is 2.04. The Morgan fingerprint density at radius 2 is 1.21 bits per heavy atom. The summed E-state index contributed by atoms with van der Waals surface area (Å²) in [7, 11) is 0. The van der Waals surface area contributed by atoms with Crippen LogP contribution in [0.2, 0.25) is 0 Å². The fourth-order valence-corrected chi connectivity index (χ4v) is 11.3. The number of hydrogen-bond donors (Lipinski definition) is 0. The average molecular weight is 1110 g/mol. The quantitative estimate of drug-likeness (QED) is 0.142. The third-order valence-electron chi connectivity index (χ3n) is 13.5. The van der Waals surface area contributed by atoms with Crippen molar-refractivity contribution in [2.24, 2.45) is 0 Å². The number of nitrogens with zero attached hydrogens (tertiary/aromatic N) is 4. The number of rotatable bonds is 8. The maximum absolute atomic E-state index is 6.79. The number of pyridine rings is 1. The Morgan fingerprint density at radius 1 is 0.549 bits per heavy atom. The molecule has 1 aliphatic rings. The minimum atomic E-state index is -0.0611. The number of hydrogen-bond acceptors (Lipinski definition) is 5. The van der Waals surface area contributed by atoms with Crippen LogP contribution >= 0.6 is 11.3 Å². The molecule has 12 aromatic rings. The molecule has 4 heterocycles. The van der Waals surface area contributed by atoms with Crippen LogP contribution in [0.1, 0.15) is 26.3 Å². The van der Waals surface area contributed by atoms with E-state index in [1.807, 2.05) is 35.7 Å². The number of ether oxygens (including phenoxy) is 1. The zero-order valence-corrected chi connectivity index (χ0v) is 42.3. The second kappa shape index (κ2) is 17.9. The Bertz CT molecular complexity index is 3970. The molecule has 0 saturated heterocycles. The molecule has 3 aromatic heterocycles. The second-order valence-corrected chi connectivity index (χ2v) is 19.9. The molecule has 0 N–H and O–H groups in total. The zero-order valence-electron chi connectivity index (χ0n) is 39.2. The predicted molar refractivity (Wildman–Crippen MR) is 292 cm³/mol. The van der Waals surface area contributed by atoms with Gasteiger partial charge < -0.3 is 19.1 Å². The molecule has 0 amide bonds. The van der Waals surface area contributed by atoms with Gasteiger partial charge in [-0.3, -0.25) is 0 Å². The van der Waals surface area contributed by atoms with E-state index in [0.717, 1.165) is 67.2 Å². The summed E-state index contributed by atoms with van der Waals surface area (Å²) in [6.45, 7) is 8.93. The van der Waals surface area contributed by atoms with Crippen LogP contribution in [0, 0.1) is 18.8 Å². The van der Waals surface area contributed by atoms with Crippen molar-refractivity contribution in [3.8, 4) is 50.7 Å². The normalized spacial score (nSPS) is 12.5. The van der Waals surface area contributed by atoms with Crippen molar-refractivity contribution >= 4 is 76.1 Å². The molecule has 0 spiro atoms. The molecule has 7 heteroatoms. The van der Waals surface area contributed by atoms with Crippen molar-refractivity contribution < 1.29 is 25.8 Å². The Morgan fingerprint density at radius 3 is 2.01 bits per heavy atom. The maximum atomic E-state index is 6.79. The van der Waals surface area contributed by atoms with E-state index in [1.54, 1.807) is 0 Å². The van der Waals surface area contributed by atoms with E-state index >= 15 is 0 Å². The molecule has 0 fully saturated rings. The SMILES string of the molecule is CC(C)(C)c1ccnc(-n2c3[c-]c(Oc4[c-]c(N5[CH-]N(c6c(-c7ccccc7)cccc6-c6cccc(-c7ccccc7)c6)c6ccccc65)ccc4)ccc3c3sc4ccc5ccccc5c4c32)c1.[Pt]. The van der Waals surface area contributed by atoms with Crippen molar-refractivity contribution in [3.05, 3.63) is 237 Å². The summed E-state index contributed by atoms with van der Waals surface area (Å²) in [5.41, 5.74) is 14.2. The monoisotopic (exact) mass is 1110 g/mol. The van der Waals surface area contributed by atoms with Gasteiger partial charge >= 0.3 is 0 Å². The second-order valence-electron chi connectivity index (χ2n) is 18.9. The molecule has 0 unspecified atom stereocenters. The molecule has 346 valence electrons. The van der Waals surface area contributed by atoms with Gasteiger partial charge in [0.15, 0.2) is 0 Å². The average Bonchev–Trinajstić information content (AvgIpc) is 4.08. The third-order valence-corrected chi connectivity index (χ3v) is 14.7. The van der Waals surface area contributed by atoms with Gasteiger partial charge in [-0.05, 0) is 80.4 Å². The molecule has 71 heavy (non-hydrogen) atoms. The zero-order chi connectivity index (χ0) is 46.9. The van der Waals surface area contributed by atoms with Crippen molar-refractivity contribution in [1.29, 1.82) is 0 Å². The summed E-state index contributed by atoms with van der Waals surface area (Å²) in [4.78, 5) is 9.57. The van der Waals surface area contributed by atoms with Gasteiger partial charge in [0.05, 0.1) is 5.52 Å². The molecule has 5 nitrogen and oxygen atoms in total. The first-order valence-electron chi connectivity index (χ1n) is 23.7. The van der Waals surface area contributed by atoms with Gasteiger partial charge in [-0.2, -0.15) is 12.1 Å². The standard InChI is InChI=1S/C64H45N4OS.Pt/c1-64(2,3)47-35-36-65-59(38-47)68-57-40-50(32-33-54(57)63-62(68)60-51-26-11-10-21-44(51)31-34-58(60)70-63)69-49-25-15-24-48(39-49)66-41-67(56-30-13-12-29-55(56)66)61-52(43-19-8-5-9-20-43)27-16-28-53(61)46-23-14-22-45(37-46)42-17-6-4-7-18-42;/h4-38,41H,1-3H3;/q-3;. The van der Waals surface area contributed by atoms with Crippen LogP contribution in [0.25, 0.3) is 81.2 Å². The van der Waals surface area contributed by atoms with E-state index in [2.05, 4.69) is 242 Å². The van der Waals surface area contributed by atoms with Crippen molar-refractivity contribution in [3.63, 3.8) is 0 Å². The number of thiophene rings is 1. The van der Waals surface area contributed by atoms with Crippen LogP contribution in [-0.4, -0.2) is 9.55 Å². The van der Waals surface area contributed by atoms with Crippen LogP contribution in [0.15, 0.2) is 212 Å². The van der Waals surface area contributed by atoms with Crippen molar-refractivity contribution in [1.82, 2.24) is 9.55 Å². The molecule has 13 rings (SSSR count). The summed E-state index contributed by atoms with van der Waals surface area (Å²) in [5, 5.41) is 4.77. The van der Waals surface area contributed by atoms with Crippen LogP contribution in [0.4, 0.5) is 22.7 Å². The number of benzene rings is 9. The van der Waals surface area contributed by atoms with Gasteiger partial charge in [0.1, 0.15) is 5.82 Å². The first-order chi connectivity index (χ1) is 34.3. The van der Waals surface area contributed by atoms with Gasteiger partial charge in [-0.25, -0.2) is 4.98 Å². The largest absolute Gasteiger partial charge is 0.509 e. The summed E-state index contributed by atoms with van der Waals surface area (Å²) >= 11 is 1.82. The molecule has 0 bridgehead atoms. The molecule has 0 radical (unpaired) electrons. The Balaban J connectivity index is 0.00000517. The topological polar surface area (TPSA) is 33.5 Å². The molecule has 0 atom stereocenters. The number of para-hydroxylation sites is 3. The number of fused-ring (bicyclic) bond motifs is 8. The van der Waals surface area contributed by atoms with Crippen LogP contribution in [0.3, 0.4) is 0 Å². The minimum absolute atomic E-state index is 0. The maximum Gasteiger partial charge on any atom is 0.135 e. The first kappa shape index (κ1) is 44.4. The molecular formula is C64H45N4OPtS-3. The third kappa shape index (κ3) is 7.79.